The first-order valence-corrected chi connectivity index (χ1v) is 6.61. The SMILES string of the molecule is CCCn1nnnc1CSCCC(N)C(=O)O. The molecule has 96 valence electrons. The highest BCUT2D eigenvalue weighted by Gasteiger charge is 2.11. The number of nitrogens with zero attached hydrogens (tertiary/aromatic N) is 4. The molecule has 0 bridgehead atoms. The molecule has 3 N–H and O–H groups in total. The summed E-state index contributed by atoms with van der Waals surface area (Å²) in [6.45, 7) is 2.86. The van der Waals surface area contributed by atoms with Gasteiger partial charge in [0.05, 0.1) is 5.75 Å². The summed E-state index contributed by atoms with van der Waals surface area (Å²) >= 11 is 1.59. The van der Waals surface area contributed by atoms with Crippen LogP contribution in [0, 0.1) is 0 Å². The Morgan fingerprint density at radius 1 is 1.65 bits per heavy atom. The van der Waals surface area contributed by atoms with Gasteiger partial charge in [-0.2, -0.15) is 11.8 Å². The van der Waals surface area contributed by atoms with Crippen molar-refractivity contribution in [1.82, 2.24) is 20.2 Å². The summed E-state index contributed by atoms with van der Waals surface area (Å²) in [6.07, 6.45) is 1.43. The standard InChI is InChI=1S/C9H17N5O2S/c1-2-4-14-8(11-12-13-14)6-17-5-3-7(10)9(15)16/h7H,2-6,10H2,1H3,(H,15,16). The van der Waals surface area contributed by atoms with Gasteiger partial charge in [-0.05, 0) is 29.0 Å². The fourth-order valence-corrected chi connectivity index (χ4v) is 2.16. The zero-order valence-corrected chi connectivity index (χ0v) is 10.6. The number of nitrogens with two attached hydrogens (primary N) is 1. The van der Waals surface area contributed by atoms with Gasteiger partial charge in [-0.3, -0.25) is 4.79 Å². The van der Waals surface area contributed by atoms with Gasteiger partial charge in [0.25, 0.3) is 0 Å². The highest BCUT2D eigenvalue weighted by atomic mass is 32.2. The van der Waals surface area contributed by atoms with Crippen LogP contribution in [0.4, 0.5) is 0 Å². The number of carboxylic acid groups (broad SMARTS) is 1. The molecule has 0 aliphatic rings. The molecular weight excluding hydrogens is 242 g/mol. The molecule has 0 amide bonds. The molecule has 0 saturated heterocycles. The molecule has 1 heterocycles. The first kappa shape index (κ1) is 13.9. The minimum absolute atomic E-state index is 0.454. The summed E-state index contributed by atoms with van der Waals surface area (Å²) in [6, 6.07) is -0.783. The van der Waals surface area contributed by atoms with Crippen LogP contribution >= 0.6 is 11.8 Å². The summed E-state index contributed by atoms with van der Waals surface area (Å²) in [4.78, 5) is 10.5. The minimum Gasteiger partial charge on any atom is -0.480 e. The molecule has 17 heavy (non-hydrogen) atoms. The van der Waals surface area contributed by atoms with Crippen molar-refractivity contribution in [2.45, 2.75) is 38.1 Å². The van der Waals surface area contributed by atoms with Crippen LogP contribution in [-0.2, 0) is 17.1 Å². The Labute approximate surface area is 104 Å². The van der Waals surface area contributed by atoms with E-state index in [0.29, 0.717) is 17.9 Å². The first-order chi connectivity index (χ1) is 8.15. The number of carboxylic acids is 1. The lowest BCUT2D eigenvalue weighted by atomic mass is 10.2. The maximum absolute atomic E-state index is 10.5. The second-order valence-electron chi connectivity index (χ2n) is 3.60. The molecule has 0 radical (unpaired) electrons. The second kappa shape index (κ2) is 7.23. The normalized spacial score (nSPS) is 12.6. The van der Waals surface area contributed by atoms with Crippen LogP contribution in [0.3, 0.4) is 0 Å². The molecule has 0 aliphatic carbocycles. The average Bonchev–Trinajstić information content (AvgIpc) is 2.72. The van der Waals surface area contributed by atoms with Crippen molar-refractivity contribution in [3.8, 4) is 0 Å². The number of hydrogen-bond donors (Lipinski definition) is 2. The molecule has 0 aromatic carbocycles. The van der Waals surface area contributed by atoms with E-state index in [4.69, 9.17) is 10.8 Å². The zero-order valence-electron chi connectivity index (χ0n) is 9.74. The van der Waals surface area contributed by atoms with Crippen LogP contribution in [0.5, 0.6) is 0 Å². The first-order valence-electron chi connectivity index (χ1n) is 5.46. The zero-order chi connectivity index (χ0) is 12.7. The van der Waals surface area contributed by atoms with E-state index < -0.39 is 12.0 Å². The van der Waals surface area contributed by atoms with E-state index in [0.717, 1.165) is 18.8 Å². The summed E-state index contributed by atoms with van der Waals surface area (Å²) < 4.78 is 1.77. The van der Waals surface area contributed by atoms with Crippen molar-refractivity contribution in [2.75, 3.05) is 5.75 Å². The van der Waals surface area contributed by atoms with E-state index >= 15 is 0 Å². The molecule has 0 aliphatic heterocycles. The number of aliphatic carboxylic acids is 1. The number of rotatable bonds is 8. The molecule has 1 aromatic heterocycles. The molecule has 0 spiro atoms. The fraction of sp³-hybridized carbons (Fsp3) is 0.778. The van der Waals surface area contributed by atoms with Crippen molar-refractivity contribution in [3.63, 3.8) is 0 Å². The fourth-order valence-electron chi connectivity index (χ4n) is 1.21. The topological polar surface area (TPSA) is 107 Å². The van der Waals surface area contributed by atoms with Gasteiger partial charge in [-0.1, -0.05) is 6.92 Å². The van der Waals surface area contributed by atoms with E-state index in [9.17, 15) is 4.79 Å². The Balaban J connectivity index is 2.26. The molecule has 1 rings (SSSR count). The monoisotopic (exact) mass is 259 g/mol. The van der Waals surface area contributed by atoms with Crippen molar-refractivity contribution in [2.24, 2.45) is 5.73 Å². The van der Waals surface area contributed by atoms with Gasteiger partial charge in [0.2, 0.25) is 0 Å². The van der Waals surface area contributed by atoms with Gasteiger partial charge >= 0.3 is 5.97 Å². The predicted octanol–water partition coefficient (Wildman–Crippen LogP) is 0.118. The number of carbonyl (C=O) groups is 1. The molecule has 0 saturated carbocycles. The summed E-state index contributed by atoms with van der Waals surface area (Å²) in [5, 5.41) is 20.0. The molecule has 8 heteroatoms. The lowest BCUT2D eigenvalue weighted by molar-refractivity contribution is -0.138. The second-order valence-corrected chi connectivity index (χ2v) is 4.71. The number of hydrogen-bond acceptors (Lipinski definition) is 6. The Morgan fingerprint density at radius 2 is 2.41 bits per heavy atom. The van der Waals surface area contributed by atoms with E-state index in [1.165, 1.54) is 0 Å². The van der Waals surface area contributed by atoms with Crippen LogP contribution in [0.1, 0.15) is 25.6 Å². The van der Waals surface area contributed by atoms with E-state index in [1.807, 2.05) is 0 Å². The summed E-state index contributed by atoms with van der Waals surface area (Å²) in [7, 11) is 0. The van der Waals surface area contributed by atoms with Crippen LogP contribution in [-0.4, -0.2) is 43.1 Å². The van der Waals surface area contributed by atoms with Gasteiger partial charge < -0.3 is 10.8 Å². The van der Waals surface area contributed by atoms with Gasteiger partial charge in [0, 0.05) is 6.54 Å². The highest BCUT2D eigenvalue weighted by molar-refractivity contribution is 7.98. The summed E-state index contributed by atoms with van der Waals surface area (Å²) in [5.41, 5.74) is 5.40. The third kappa shape index (κ3) is 4.70. The maximum Gasteiger partial charge on any atom is 0.320 e. The quantitative estimate of drug-likeness (QED) is 0.638. The van der Waals surface area contributed by atoms with Crippen molar-refractivity contribution >= 4 is 17.7 Å². The number of aromatic nitrogens is 4. The minimum atomic E-state index is -0.957. The maximum atomic E-state index is 10.5. The summed E-state index contributed by atoms with van der Waals surface area (Å²) in [5.74, 6) is 1.23. The van der Waals surface area contributed by atoms with Gasteiger partial charge in [0.15, 0.2) is 5.82 Å². The van der Waals surface area contributed by atoms with Gasteiger partial charge in [0.1, 0.15) is 6.04 Å². The van der Waals surface area contributed by atoms with Crippen molar-refractivity contribution in [3.05, 3.63) is 5.82 Å². The molecule has 1 atom stereocenters. The lowest BCUT2D eigenvalue weighted by Gasteiger charge is -2.05. The molecule has 1 unspecified atom stereocenters. The van der Waals surface area contributed by atoms with Crippen LogP contribution in [0.15, 0.2) is 0 Å². The average molecular weight is 259 g/mol. The largest absolute Gasteiger partial charge is 0.480 e. The van der Waals surface area contributed by atoms with E-state index in [-0.39, 0.29) is 0 Å². The smallest absolute Gasteiger partial charge is 0.320 e. The Bertz CT molecular complexity index is 357. The predicted molar refractivity (Wildman–Crippen MR) is 64.5 cm³/mol. The van der Waals surface area contributed by atoms with Crippen LogP contribution < -0.4 is 5.73 Å². The van der Waals surface area contributed by atoms with Crippen molar-refractivity contribution in [1.29, 1.82) is 0 Å². The Hall–Kier alpha value is -1.15. The molecule has 1 aromatic rings. The number of thioether (sulfide) groups is 1. The molecule has 0 fully saturated rings. The van der Waals surface area contributed by atoms with E-state index in [1.54, 1.807) is 16.4 Å². The molecular formula is C9H17N5O2S. The Morgan fingerprint density at radius 3 is 3.06 bits per heavy atom. The van der Waals surface area contributed by atoms with Gasteiger partial charge in [-0.15, -0.1) is 5.10 Å². The van der Waals surface area contributed by atoms with E-state index in [2.05, 4.69) is 22.4 Å². The third-order valence-electron chi connectivity index (χ3n) is 2.16. The highest BCUT2D eigenvalue weighted by Crippen LogP contribution is 2.11. The van der Waals surface area contributed by atoms with Gasteiger partial charge in [-0.25, -0.2) is 4.68 Å². The number of tetrazole rings is 1. The van der Waals surface area contributed by atoms with Crippen LogP contribution in [0.2, 0.25) is 0 Å². The number of aryl methyl sites for hydroxylation is 1. The lowest BCUT2D eigenvalue weighted by Crippen LogP contribution is -2.30. The Kier molecular flexibility index (Phi) is 5.92. The third-order valence-corrected chi connectivity index (χ3v) is 3.15. The van der Waals surface area contributed by atoms with Crippen LogP contribution in [0.25, 0.3) is 0 Å². The molecule has 7 nitrogen and oxygen atoms in total. The van der Waals surface area contributed by atoms with Crippen molar-refractivity contribution < 1.29 is 9.90 Å².